The Morgan fingerprint density at radius 1 is 0.966 bits per heavy atom. The molecule has 1 saturated heterocycles. The minimum atomic E-state index is -0.177. The topological polar surface area (TPSA) is 62.6 Å². The first-order valence-corrected chi connectivity index (χ1v) is 9.77. The molecule has 5 heteroatoms. The molecule has 4 aromatic rings. The van der Waals surface area contributed by atoms with E-state index < -0.39 is 0 Å². The fraction of sp³-hybridized carbons (Fsp3) is 0.167. The highest BCUT2D eigenvalue weighted by molar-refractivity contribution is 6.08. The number of rotatable bonds is 4. The number of furan rings is 1. The van der Waals surface area contributed by atoms with E-state index in [1.165, 1.54) is 0 Å². The lowest BCUT2D eigenvalue weighted by atomic mass is 10.1. The molecule has 1 aliphatic heterocycles. The molecule has 0 atom stereocenters. The predicted molar refractivity (Wildman–Crippen MR) is 113 cm³/mol. The zero-order chi connectivity index (χ0) is 19.8. The van der Waals surface area contributed by atoms with Crippen LogP contribution in [-0.4, -0.2) is 23.3 Å². The van der Waals surface area contributed by atoms with Crippen LogP contribution in [0.4, 0.5) is 5.69 Å². The third-order valence-electron chi connectivity index (χ3n) is 5.40. The molecule has 5 rings (SSSR count). The molecular weight excluding hydrogens is 364 g/mol. The van der Waals surface area contributed by atoms with Crippen LogP contribution in [0.5, 0.6) is 0 Å². The van der Waals surface area contributed by atoms with Crippen LogP contribution < -0.4 is 5.32 Å². The lowest BCUT2D eigenvalue weighted by Gasteiger charge is -2.15. The first-order valence-electron chi connectivity index (χ1n) is 9.77. The van der Waals surface area contributed by atoms with Gasteiger partial charge in [0.05, 0.1) is 0 Å². The number of anilines is 1. The second-order valence-electron chi connectivity index (χ2n) is 7.38. The van der Waals surface area contributed by atoms with E-state index in [1.54, 1.807) is 12.1 Å². The lowest BCUT2D eigenvalue weighted by Crippen LogP contribution is -2.23. The number of nitrogens with one attached hydrogen (secondary N) is 1. The number of carbonyl (C=O) groups is 2. The lowest BCUT2D eigenvalue weighted by molar-refractivity contribution is -0.128. The molecule has 1 N–H and O–H groups in total. The Bertz CT molecular complexity index is 1220. The summed E-state index contributed by atoms with van der Waals surface area (Å²) < 4.78 is 5.88. The zero-order valence-electron chi connectivity index (χ0n) is 15.9. The van der Waals surface area contributed by atoms with Gasteiger partial charge in [0.1, 0.15) is 11.2 Å². The van der Waals surface area contributed by atoms with Gasteiger partial charge in [-0.3, -0.25) is 9.59 Å². The summed E-state index contributed by atoms with van der Waals surface area (Å²) in [5.74, 6) is 0.0251. The Hall–Kier alpha value is -3.60. The summed E-state index contributed by atoms with van der Waals surface area (Å²) in [5, 5.41) is 5.02. The van der Waals surface area contributed by atoms with Gasteiger partial charge < -0.3 is 14.6 Å². The number of para-hydroxylation sites is 1. The van der Waals surface area contributed by atoms with Gasteiger partial charge >= 0.3 is 0 Å². The number of fused-ring (bicyclic) bond motifs is 3. The Morgan fingerprint density at radius 2 is 1.76 bits per heavy atom. The first-order chi connectivity index (χ1) is 14.2. The number of nitrogens with zero attached hydrogens (tertiary/aromatic N) is 1. The van der Waals surface area contributed by atoms with Crippen molar-refractivity contribution in [3.63, 3.8) is 0 Å². The van der Waals surface area contributed by atoms with Crippen LogP contribution in [-0.2, 0) is 11.3 Å². The van der Waals surface area contributed by atoms with Crippen LogP contribution in [0, 0.1) is 0 Å². The second kappa shape index (κ2) is 7.09. The van der Waals surface area contributed by atoms with Crippen molar-refractivity contribution < 1.29 is 14.0 Å². The summed E-state index contributed by atoms with van der Waals surface area (Å²) in [5.41, 5.74) is 3.87. The Balaban J connectivity index is 1.31. The van der Waals surface area contributed by atoms with E-state index in [9.17, 15) is 9.59 Å². The summed E-state index contributed by atoms with van der Waals surface area (Å²) in [7, 11) is 0. The first kappa shape index (κ1) is 17.5. The molecule has 0 radical (unpaired) electrons. The number of hydrogen-bond acceptors (Lipinski definition) is 3. The Morgan fingerprint density at radius 3 is 2.55 bits per heavy atom. The van der Waals surface area contributed by atoms with Gasteiger partial charge in [-0.25, -0.2) is 0 Å². The zero-order valence-corrected chi connectivity index (χ0v) is 15.9. The highest BCUT2D eigenvalue weighted by atomic mass is 16.3. The Kier molecular flexibility index (Phi) is 4.28. The standard InChI is InChI=1S/C24H20N2O3/c27-23-6-3-13-26(23)15-16-7-9-17(10-8-16)24(28)25-18-11-12-20-19-4-1-2-5-21(19)29-22(20)14-18/h1-2,4-5,7-12,14H,3,6,13,15H2,(H,25,28). The monoisotopic (exact) mass is 384 g/mol. The highest BCUT2D eigenvalue weighted by Gasteiger charge is 2.20. The highest BCUT2D eigenvalue weighted by Crippen LogP contribution is 2.30. The maximum Gasteiger partial charge on any atom is 0.255 e. The summed E-state index contributed by atoms with van der Waals surface area (Å²) in [6.07, 6.45) is 1.56. The van der Waals surface area contributed by atoms with Crippen molar-refractivity contribution in [2.45, 2.75) is 19.4 Å². The van der Waals surface area contributed by atoms with Crippen molar-refractivity contribution in [2.24, 2.45) is 0 Å². The number of hydrogen-bond donors (Lipinski definition) is 1. The van der Waals surface area contributed by atoms with Gasteiger partial charge in [-0.1, -0.05) is 30.3 Å². The van der Waals surface area contributed by atoms with Crippen molar-refractivity contribution in [2.75, 3.05) is 11.9 Å². The van der Waals surface area contributed by atoms with Crippen molar-refractivity contribution >= 4 is 39.4 Å². The van der Waals surface area contributed by atoms with Gasteiger partial charge in [0.15, 0.2) is 0 Å². The molecule has 1 fully saturated rings. The van der Waals surface area contributed by atoms with E-state index in [4.69, 9.17) is 4.42 Å². The molecule has 1 aromatic heterocycles. The van der Waals surface area contributed by atoms with Gasteiger partial charge in [-0.15, -0.1) is 0 Å². The smallest absolute Gasteiger partial charge is 0.255 e. The van der Waals surface area contributed by atoms with Gasteiger partial charge in [0.2, 0.25) is 5.91 Å². The van der Waals surface area contributed by atoms with Crippen LogP contribution in [0.1, 0.15) is 28.8 Å². The number of amides is 2. The average Bonchev–Trinajstić information content (AvgIpc) is 3.31. The molecular formula is C24H20N2O3. The molecule has 144 valence electrons. The SMILES string of the molecule is O=C(Nc1ccc2c(c1)oc1ccccc12)c1ccc(CN2CCCC2=O)cc1. The van der Waals surface area contributed by atoms with E-state index in [0.29, 0.717) is 24.2 Å². The summed E-state index contributed by atoms with van der Waals surface area (Å²) in [6.45, 7) is 1.41. The van der Waals surface area contributed by atoms with E-state index >= 15 is 0 Å². The quantitative estimate of drug-likeness (QED) is 0.541. The summed E-state index contributed by atoms with van der Waals surface area (Å²) in [4.78, 5) is 26.2. The molecule has 0 saturated carbocycles. The van der Waals surface area contributed by atoms with Gasteiger partial charge in [-0.2, -0.15) is 0 Å². The molecule has 5 nitrogen and oxygen atoms in total. The van der Waals surface area contributed by atoms with Crippen molar-refractivity contribution in [1.82, 2.24) is 4.90 Å². The van der Waals surface area contributed by atoms with Crippen LogP contribution in [0.25, 0.3) is 21.9 Å². The minimum Gasteiger partial charge on any atom is -0.456 e. The maximum atomic E-state index is 12.6. The van der Waals surface area contributed by atoms with Crippen LogP contribution >= 0.6 is 0 Å². The molecule has 0 aliphatic carbocycles. The summed E-state index contributed by atoms with van der Waals surface area (Å²) in [6, 6.07) is 21.0. The number of benzene rings is 3. The molecule has 3 aromatic carbocycles. The predicted octanol–water partition coefficient (Wildman–Crippen LogP) is 4.96. The number of likely N-dealkylation sites (tertiary alicyclic amines) is 1. The Labute approximate surface area is 167 Å². The molecule has 1 aliphatic rings. The third kappa shape index (κ3) is 3.36. The third-order valence-corrected chi connectivity index (χ3v) is 5.40. The van der Waals surface area contributed by atoms with E-state index in [-0.39, 0.29) is 11.8 Å². The fourth-order valence-electron chi connectivity index (χ4n) is 3.86. The van der Waals surface area contributed by atoms with Gasteiger partial charge in [0.25, 0.3) is 5.91 Å². The van der Waals surface area contributed by atoms with Gasteiger partial charge in [0, 0.05) is 47.6 Å². The summed E-state index contributed by atoms with van der Waals surface area (Å²) >= 11 is 0. The molecule has 2 amide bonds. The van der Waals surface area contributed by atoms with Crippen LogP contribution in [0.15, 0.2) is 71.1 Å². The molecule has 2 heterocycles. The van der Waals surface area contributed by atoms with Crippen molar-refractivity contribution in [3.8, 4) is 0 Å². The van der Waals surface area contributed by atoms with Crippen molar-refractivity contribution in [1.29, 1.82) is 0 Å². The number of carbonyl (C=O) groups excluding carboxylic acids is 2. The molecule has 0 bridgehead atoms. The molecule has 0 spiro atoms. The second-order valence-corrected chi connectivity index (χ2v) is 7.38. The largest absolute Gasteiger partial charge is 0.456 e. The average molecular weight is 384 g/mol. The maximum absolute atomic E-state index is 12.6. The normalized spacial score (nSPS) is 14.1. The van der Waals surface area contributed by atoms with Crippen molar-refractivity contribution in [3.05, 3.63) is 77.9 Å². The molecule has 0 unspecified atom stereocenters. The minimum absolute atomic E-state index is 0.177. The van der Waals surface area contributed by atoms with Crippen LogP contribution in [0.2, 0.25) is 0 Å². The van der Waals surface area contributed by atoms with Gasteiger partial charge in [-0.05, 0) is 42.3 Å². The molecule has 29 heavy (non-hydrogen) atoms. The van der Waals surface area contributed by atoms with E-state index in [0.717, 1.165) is 40.5 Å². The van der Waals surface area contributed by atoms with E-state index in [1.807, 2.05) is 59.5 Å². The fourth-order valence-corrected chi connectivity index (χ4v) is 3.86. The van der Waals surface area contributed by atoms with E-state index in [2.05, 4.69) is 5.32 Å². The van der Waals surface area contributed by atoms with Crippen LogP contribution in [0.3, 0.4) is 0 Å².